The molecule has 0 amide bonds. The minimum Gasteiger partial charge on any atom is -0.490 e. The quantitative estimate of drug-likeness (QED) is 0.127. The van der Waals surface area contributed by atoms with Crippen molar-refractivity contribution in [3.8, 4) is 11.5 Å². The average molecular weight is 759 g/mol. The first-order valence-corrected chi connectivity index (χ1v) is 16.4. The normalized spacial score (nSPS) is 14.6. The third-order valence-corrected chi connectivity index (χ3v) is 9.26. The van der Waals surface area contributed by atoms with E-state index in [1.54, 1.807) is 42.7 Å². The van der Waals surface area contributed by atoms with Gasteiger partial charge in [0.2, 0.25) is 0 Å². The first kappa shape index (κ1) is 32.0. The molecule has 2 heterocycles. The minimum atomic E-state index is -0.722. The minimum absolute atomic E-state index is 0.197. The van der Waals surface area contributed by atoms with E-state index in [-0.39, 0.29) is 12.2 Å². The molecule has 0 fully saturated rings. The van der Waals surface area contributed by atoms with E-state index in [9.17, 15) is 9.59 Å². The third kappa shape index (κ3) is 6.78. The highest BCUT2D eigenvalue weighted by atomic mass is 79.9. The molecule has 0 saturated carbocycles. The van der Waals surface area contributed by atoms with Crippen LogP contribution >= 0.6 is 54.8 Å². The molecule has 5 rings (SSSR count). The molecular formula is C33H27Br2ClN2O5S. The molecule has 1 aliphatic heterocycles. The zero-order valence-electron chi connectivity index (χ0n) is 23.8. The summed E-state index contributed by atoms with van der Waals surface area (Å²) in [6.07, 6.45) is 3.46. The van der Waals surface area contributed by atoms with Gasteiger partial charge in [-0.1, -0.05) is 65.9 Å². The summed E-state index contributed by atoms with van der Waals surface area (Å²) in [5, 5.41) is 0.628. The van der Waals surface area contributed by atoms with E-state index >= 15 is 0 Å². The molecule has 3 aromatic carbocycles. The SMILES string of the molecule is C=CCOc1ccc([C@H]2C(C(=O)OCC)=C(C)N=c3s/c(=C\c4cc(Br)c(OCc5ccccc5Cl)c(Br)c4)c(=O)n32)cc1. The van der Waals surface area contributed by atoms with Crippen LogP contribution in [0.4, 0.5) is 0 Å². The second-order valence-corrected chi connectivity index (χ2v) is 12.8. The van der Waals surface area contributed by atoms with Gasteiger partial charge in [-0.3, -0.25) is 9.36 Å². The Hall–Kier alpha value is -3.44. The van der Waals surface area contributed by atoms with Crippen LogP contribution in [-0.2, 0) is 16.1 Å². The fourth-order valence-electron chi connectivity index (χ4n) is 4.73. The Morgan fingerprint density at radius 3 is 2.48 bits per heavy atom. The molecule has 44 heavy (non-hydrogen) atoms. The lowest BCUT2D eigenvalue weighted by Crippen LogP contribution is -2.39. The van der Waals surface area contributed by atoms with Crippen molar-refractivity contribution in [1.29, 1.82) is 0 Å². The summed E-state index contributed by atoms with van der Waals surface area (Å²) in [4.78, 5) is 32.3. The van der Waals surface area contributed by atoms with Crippen LogP contribution in [0.5, 0.6) is 11.5 Å². The summed E-state index contributed by atoms with van der Waals surface area (Å²) >= 11 is 14.8. The molecule has 0 spiro atoms. The topological polar surface area (TPSA) is 79.1 Å². The number of aromatic nitrogens is 1. The van der Waals surface area contributed by atoms with E-state index in [1.807, 2.05) is 48.5 Å². The molecule has 7 nitrogen and oxygen atoms in total. The molecule has 0 N–H and O–H groups in total. The maximum Gasteiger partial charge on any atom is 0.338 e. The van der Waals surface area contributed by atoms with Gasteiger partial charge in [-0.25, -0.2) is 9.79 Å². The number of rotatable bonds is 10. The van der Waals surface area contributed by atoms with Gasteiger partial charge in [-0.15, -0.1) is 0 Å². The number of fused-ring (bicyclic) bond motifs is 1. The van der Waals surface area contributed by atoms with Gasteiger partial charge >= 0.3 is 5.97 Å². The van der Waals surface area contributed by atoms with Crippen molar-refractivity contribution in [2.45, 2.75) is 26.5 Å². The van der Waals surface area contributed by atoms with Crippen LogP contribution in [0.1, 0.15) is 36.6 Å². The Morgan fingerprint density at radius 1 is 1.11 bits per heavy atom. The van der Waals surface area contributed by atoms with Gasteiger partial charge in [0.05, 0.1) is 37.4 Å². The van der Waals surface area contributed by atoms with Gasteiger partial charge in [0, 0.05) is 10.6 Å². The molecule has 1 atom stereocenters. The number of allylic oxidation sites excluding steroid dienone is 1. The summed E-state index contributed by atoms with van der Waals surface area (Å²) in [5.41, 5.74) is 2.90. The van der Waals surface area contributed by atoms with E-state index < -0.39 is 12.0 Å². The zero-order valence-corrected chi connectivity index (χ0v) is 28.6. The maximum atomic E-state index is 14.0. The Bertz CT molecular complexity index is 1930. The number of carbonyl (C=O) groups excluding carboxylic acids is 1. The van der Waals surface area contributed by atoms with Crippen LogP contribution < -0.4 is 24.4 Å². The third-order valence-electron chi connectivity index (χ3n) is 6.73. The highest BCUT2D eigenvalue weighted by molar-refractivity contribution is 9.11. The Morgan fingerprint density at radius 2 is 1.82 bits per heavy atom. The van der Waals surface area contributed by atoms with Crippen LogP contribution in [0.3, 0.4) is 0 Å². The van der Waals surface area contributed by atoms with Crippen LogP contribution in [0, 0.1) is 0 Å². The second-order valence-electron chi connectivity index (χ2n) is 9.66. The maximum absolute atomic E-state index is 14.0. The molecule has 0 aliphatic carbocycles. The average Bonchev–Trinajstić information content (AvgIpc) is 3.29. The molecule has 0 saturated heterocycles. The van der Waals surface area contributed by atoms with Gasteiger partial charge < -0.3 is 14.2 Å². The molecule has 0 unspecified atom stereocenters. The zero-order chi connectivity index (χ0) is 31.4. The van der Waals surface area contributed by atoms with E-state index in [0.29, 0.717) is 59.3 Å². The molecule has 4 aromatic rings. The summed E-state index contributed by atoms with van der Waals surface area (Å²) in [6.45, 7) is 8.03. The molecule has 226 valence electrons. The number of carbonyl (C=O) groups is 1. The summed E-state index contributed by atoms with van der Waals surface area (Å²) in [6, 6.07) is 17.8. The number of hydrogen-bond acceptors (Lipinski definition) is 7. The number of benzene rings is 3. The highest BCUT2D eigenvalue weighted by Gasteiger charge is 2.33. The van der Waals surface area contributed by atoms with Crippen molar-refractivity contribution >= 4 is 66.8 Å². The van der Waals surface area contributed by atoms with Crippen LogP contribution in [-0.4, -0.2) is 23.8 Å². The Kier molecular flexibility index (Phi) is 10.3. The van der Waals surface area contributed by atoms with E-state index in [4.69, 9.17) is 25.8 Å². The van der Waals surface area contributed by atoms with Crippen LogP contribution in [0.15, 0.2) is 103 Å². The van der Waals surface area contributed by atoms with Crippen molar-refractivity contribution in [1.82, 2.24) is 4.57 Å². The van der Waals surface area contributed by atoms with Crippen LogP contribution in [0.2, 0.25) is 5.02 Å². The largest absolute Gasteiger partial charge is 0.490 e. The van der Waals surface area contributed by atoms with Crippen molar-refractivity contribution in [2.75, 3.05) is 13.2 Å². The van der Waals surface area contributed by atoms with Gasteiger partial charge in [0.15, 0.2) is 4.80 Å². The van der Waals surface area contributed by atoms with Gasteiger partial charge in [-0.2, -0.15) is 0 Å². The molecule has 11 heteroatoms. The van der Waals surface area contributed by atoms with Crippen LogP contribution in [0.25, 0.3) is 6.08 Å². The monoisotopic (exact) mass is 756 g/mol. The van der Waals surface area contributed by atoms with Gasteiger partial charge in [0.1, 0.15) is 24.7 Å². The summed E-state index contributed by atoms with van der Waals surface area (Å²) in [7, 11) is 0. The predicted molar refractivity (Wildman–Crippen MR) is 180 cm³/mol. The number of nitrogens with zero attached hydrogens (tertiary/aromatic N) is 2. The number of ether oxygens (including phenoxy) is 3. The number of esters is 1. The lowest BCUT2D eigenvalue weighted by molar-refractivity contribution is -0.139. The second kappa shape index (κ2) is 14.1. The smallest absolute Gasteiger partial charge is 0.338 e. The van der Waals surface area contributed by atoms with Crippen molar-refractivity contribution in [3.63, 3.8) is 0 Å². The van der Waals surface area contributed by atoms with E-state index in [1.165, 1.54) is 11.3 Å². The predicted octanol–water partition coefficient (Wildman–Crippen LogP) is 7.12. The van der Waals surface area contributed by atoms with E-state index in [0.717, 1.165) is 16.7 Å². The molecule has 0 radical (unpaired) electrons. The van der Waals surface area contributed by atoms with Crippen molar-refractivity contribution in [3.05, 3.63) is 135 Å². The summed E-state index contributed by atoms with van der Waals surface area (Å²) < 4.78 is 20.5. The first-order valence-electron chi connectivity index (χ1n) is 13.6. The molecule has 1 aliphatic rings. The molecule has 0 bridgehead atoms. The van der Waals surface area contributed by atoms with Gasteiger partial charge in [-0.05, 0) is 93.2 Å². The fraction of sp³-hybridized carbons (Fsp3) is 0.182. The van der Waals surface area contributed by atoms with Gasteiger partial charge in [0.25, 0.3) is 5.56 Å². The first-order chi connectivity index (χ1) is 21.2. The number of halogens is 3. The number of hydrogen-bond donors (Lipinski definition) is 0. The lowest BCUT2D eigenvalue weighted by atomic mass is 9.96. The molecular weight excluding hydrogens is 732 g/mol. The summed E-state index contributed by atoms with van der Waals surface area (Å²) in [5.74, 6) is 0.744. The van der Waals surface area contributed by atoms with Crippen molar-refractivity contribution in [2.24, 2.45) is 4.99 Å². The molecule has 1 aromatic heterocycles. The van der Waals surface area contributed by atoms with Crippen molar-refractivity contribution < 1.29 is 19.0 Å². The number of thiazole rings is 1. The highest BCUT2D eigenvalue weighted by Crippen LogP contribution is 2.36. The standard InChI is InChI=1S/C33H27Br2ClN2O5S/c1-4-14-42-23-12-10-21(11-13-23)29-28(32(40)41-5-2)19(3)37-33-38(29)31(39)27(44-33)17-20-15-24(34)30(25(35)16-20)43-18-22-8-6-7-9-26(22)36/h4,6-13,15-17,29H,1,5,14,18H2,2-3H3/b27-17-/t29-/m0/s1. The fourth-order valence-corrected chi connectivity index (χ4v) is 7.41. The Balaban J connectivity index is 1.54. The lowest BCUT2D eigenvalue weighted by Gasteiger charge is -2.24. The Labute approximate surface area is 280 Å². The van der Waals surface area contributed by atoms with E-state index in [2.05, 4.69) is 43.4 Å².